The second-order valence-corrected chi connectivity index (χ2v) is 7.60. The van der Waals surface area contributed by atoms with E-state index in [2.05, 4.69) is 20.8 Å². The van der Waals surface area contributed by atoms with Gasteiger partial charge in [0, 0.05) is 36.1 Å². The zero-order valence-electron chi connectivity index (χ0n) is 16.3. The predicted molar refractivity (Wildman–Crippen MR) is 111 cm³/mol. The summed E-state index contributed by atoms with van der Waals surface area (Å²) < 4.78 is 18.3. The van der Waals surface area contributed by atoms with E-state index in [0.717, 1.165) is 5.56 Å². The summed E-state index contributed by atoms with van der Waals surface area (Å²) in [6.07, 6.45) is 0.267. The van der Waals surface area contributed by atoms with Crippen LogP contribution < -0.4 is 10.6 Å². The normalized spacial score (nSPS) is 15.9. The topological polar surface area (TPSA) is 100 Å². The van der Waals surface area contributed by atoms with Crippen LogP contribution in [0, 0.1) is 5.82 Å². The molecule has 0 spiro atoms. The van der Waals surface area contributed by atoms with Gasteiger partial charge < -0.3 is 20.1 Å². The fourth-order valence-corrected chi connectivity index (χ4v) is 3.50. The zero-order valence-corrected chi connectivity index (χ0v) is 17.1. The maximum atomic E-state index is 13.1. The summed E-state index contributed by atoms with van der Waals surface area (Å²) in [7, 11) is 0. The average molecular weight is 444 g/mol. The number of aromatic nitrogens is 2. The van der Waals surface area contributed by atoms with Gasteiger partial charge in [0.2, 0.25) is 11.8 Å². The molecular weight excluding hydrogens is 425 g/mol. The molecule has 1 saturated heterocycles. The van der Waals surface area contributed by atoms with E-state index in [4.69, 9.17) is 16.1 Å². The van der Waals surface area contributed by atoms with E-state index in [9.17, 15) is 14.0 Å². The summed E-state index contributed by atoms with van der Waals surface area (Å²) in [6, 6.07) is 12.4. The third kappa shape index (κ3) is 5.37. The molecule has 0 aliphatic carbocycles. The first kappa shape index (κ1) is 20.8. The molecule has 0 radical (unpaired) electrons. The molecule has 8 nitrogen and oxygen atoms in total. The van der Waals surface area contributed by atoms with Crippen LogP contribution in [-0.2, 0) is 17.9 Å². The molecule has 1 aliphatic rings. The highest BCUT2D eigenvalue weighted by Crippen LogP contribution is 2.27. The van der Waals surface area contributed by atoms with E-state index in [1.807, 2.05) is 0 Å². The molecule has 160 valence electrons. The van der Waals surface area contributed by atoms with E-state index >= 15 is 0 Å². The molecular formula is C21H19ClFN5O3. The fraction of sp³-hybridized carbons (Fsp3) is 0.238. The third-order valence-corrected chi connectivity index (χ3v) is 5.07. The largest absolute Gasteiger partial charge is 0.338 e. The van der Waals surface area contributed by atoms with Crippen LogP contribution in [0.1, 0.15) is 29.6 Å². The Morgan fingerprint density at radius 2 is 2.06 bits per heavy atom. The lowest BCUT2D eigenvalue weighted by Crippen LogP contribution is -2.28. The van der Waals surface area contributed by atoms with Crippen molar-refractivity contribution in [3.63, 3.8) is 0 Å². The van der Waals surface area contributed by atoms with Gasteiger partial charge in [0.1, 0.15) is 5.82 Å². The van der Waals surface area contributed by atoms with Gasteiger partial charge in [-0.2, -0.15) is 4.98 Å². The van der Waals surface area contributed by atoms with Crippen LogP contribution in [0.4, 0.5) is 14.9 Å². The van der Waals surface area contributed by atoms with Crippen LogP contribution >= 0.6 is 11.6 Å². The number of nitrogens with zero attached hydrogens (tertiary/aromatic N) is 3. The smallest absolute Gasteiger partial charge is 0.319 e. The number of carbonyl (C=O) groups excluding carboxylic acids is 2. The van der Waals surface area contributed by atoms with E-state index < -0.39 is 6.03 Å². The molecule has 10 heteroatoms. The Morgan fingerprint density at radius 1 is 1.26 bits per heavy atom. The molecule has 1 fully saturated rings. The van der Waals surface area contributed by atoms with Gasteiger partial charge in [-0.3, -0.25) is 4.79 Å². The van der Waals surface area contributed by atoms with Gasteiger partial charge in [0.05, 0.1) is 6.54 Å². The van der Waals surface area contributed by atoms with Gasteiger partial charge in [0.25, 0.3) is 0 Å². The van der Waals surface area contributed by atoms with Crippen LogP contribution in [0.5, 0.6) is 0 Å². The number of anilines is 1. The Bertz CT molecular complexity index is 1090. The number of carbonyl (C=O) groups is 2. The monoisotopic (exact) mass is 443 g/mol. The molecule has 1 aromatic heterocycles. The number of hydrogen-bond donors (Lipinski definition) is 2. The molecule has 1 aliphatic heterocycles. The second-order valence-electron chi connectivity index (χ2n) is 7.17. The summed E-state index contributed by atoms with van der Waals surface area (Å²) in [5.74, 6) is 0.108. The van der Waals surface area contributed by atoms with Crippen LogP contribution in [-0.4, -0.2) is 33.5 Å². The van der Waals surface area contributed by atoms with Crippen molar-refractivity contribution in [1.82, 2.24) is 20.4 Å². The zero-order chi connectivity index (χ0) is 21.8. The summed E-state index contributed by atoms with van der Waals surface area (Å²) >= 11 is 5.89. The van der Waals surface area contributed by atoms with Crippen LogP contribution in [0.15, 0.2) is 53.1 Å². The lowest BCUT2D eigenvalue weighted by atomic mass is 10.1. The Morgan fingerprint density at radius 3 is 2.84 bits per heavy atom. The molecule has 2 N–H and O–H groups in total. The first-order valence-corrected chi connectivity index (χ1v) is 9.99. The van der Waals surface area contributed by atoms with E-state index in [0.29, 0.717) is 29.6 Å². The first-order valence-electron chi connectivity index (χ1n) is 9.61. The molecule has 2 heterocycles. The number of halogens is 2. The molecule has 0 unspecified atom stereocenters. The molecule has 0 bridgehead atoms. The summed E-state index contributed by atoms with van der Waals surface area (Å²) in [5, 5.41) is 9.75. The van der Waals surface area contributed by atoms with Crippen molar-refractivity contribution in [2.45, 2.75) is 25.4 Å². The Balaban J connectivity index is 1.29. The SMILES string of the molecule is O=C(NCc1nc([C@H]2CC(=O)N(Cc3ccc(F)cc3)C2)no1)Nc1cccc(Cl)c1. The molecule has 2 aromatic carbocycles. The van der Waals surface area contributed by atoms with Gasteiger partial charge >= 0.3 is 6.03 Å². The maximum absolute atomic E-state index is 13.1. The van der Waals surface area contributed by atoms with Crippen molar-refractivity contribution in [2.24, 2.45) is 0 Å². The molecule has 31 heavy (non-hydrogen) atoms. The lowest BCUT2D eigenvalue weighted by molar-refractivity contribution is -0.128. The van der Waals surface area contributed by atoms with Crippen molar-refractivity contribution in [2.75, 3.05) is 11.9 Å². The number of hydrogen-bond acceptors (Lipinski definition) is 5. The van der Waals surface area contributed by atoms with Gasteiger partial charge in [0.15, 0.2) is 5.82 Å². The number of benzene rings is 2. The lowest BCUT2D eigenvalue weighted by Gasteiger charge is -2.16. The number of amides is 3. The average Bonchev–Trinajstić information content (AvgIpc) is 3.35. The number of urea groups is 1. The molecule has 3 amide bonds. The van der Waals surface area contributed by atoms with E-state index in [1.165, 1.54) is 12.1 Å². The molecule has 1 atom stereocenters. The minimum absolute atomic E-state index is 0.0281. The highest BCUT2D eigenvalue weighted by molar-refractivity contribution is 6.30. The van der Waals surface area contributed by atoms with Crippen molar-refractivity contribution in [3.8, 4) is 0 Å². The number of likely N-dealkylation sites (tertiary alicyclic amines) is 1. The number of rotatable bonds is 6. The number of nitrogens with one attached hydrogen (secondary N) is 2. The van der Waals surface area contributed by atoms with E-state index in [-0.39, 0.29) is 36.5 Å². The van der Waals surface area contributed by atoms with Crippen molar-refractivity contribution < 1.29 is 18.5 Å². The summed E-state index contributed by atoms with van der Waals surface area (Å²) in [4.78, 5) is 30.3. The van der Waals surface area contributed by atoms with Gasteiger partial charge in [-0.25, -0.2) is 9.18 Å². The van der Waals surface area contributed by atoms with Gasteiger partial charge in [-0.15, -0.1) is 0 Å². The van der Waals surface area contributed by atoms with Gasteiger partial charge in [-0.1, -0.05) is 35.0 Å². The molecule has 4 rings (SSSR count). The van der Waals surface area contributed by atoms with Gasteiger partial charge in [-0.05, 0) is 35.9 Å². The summed E-state index contributed by atoms with van der Waals surface area (Å²) in [6.45, 7) is 0.878. The quantitative estimate of drug-likeness (QED) is 0.605. The first-order chi connectivity index (χ1) is 15.0. The van der Waals surface area contributed by atoms with Crippen molar-refractivity contribution >= 4 is 29.2 Å². The van der Waals surface area contributed by atoms with Crippen molar-refractivity contribution in [1.29, 1.82) is 0 Å². The Hall–Kier alpha value is -3.46. The highest BCUT2D eigenvalue weighted by Gasteiger charge is 2.33. The fourth-order valence-electron chi connectivity index (χ4n) is 3.31. The standard InChI is InChI=1S/C21H19ClFN5O3/c22-15-2-1-3-17(9-15)25-21(30)24-10-18-26-20(27-31-18)14-8-19(29)28(12-14)11-13-4-6-16(23)7-5-13/h1-7,9,14H,8,10-12H2,(H2,24,25,30)/t14-/m0/s1. The third-order valence-electron chi connectivity index (χ3n) is 4.83. The van der Waals surface area contributed by atoms with Crippen LogP contribution in [0.25, 0.3) is 0 Å². The molecule has 0 saturated carbocycles. The minimum Gasteiger partial charge on any atom is -0.338 e. The van der Waals surface area contributed by atoms with Crippen LogP contribution in [0.3, 0.4) is 0 Å². The van der Waals surface area contributed by atoms with Crippen molar-refractivity contribution in [3.05, 3.63) is 76.6 Å². The maximum Gasteiger partial charge on any atom is 0.319 e. The minimum atomic E-state index is -0.441. The summed E-state index contributed by atoms with van der Waals surface area (Å²) in [5.41, 5.74) is 1.40. The van der Waals surface area contributed by atoms with E-state index in [1.54, 1.807) is 41.3 Å². The second kappa shape index (κ2) is 9.13. The Labute approximate surface area is 182 Å². The highest BCUT2D eigenvalue weighted by atomic mass is 35.5. The predicted octanol–water partition coefficient (Wildman–Crippen LogP) is 3.70. The molecule has 3 aromatic rings. The Kier molecular flexibility index (Phi) is 6.13. The van der Waals surface area contributed by atoms with Crippen LogP contribution in [0.2, 0.25) is 5.02 Å².